The molecule has 1 rings (SSSR count). The van der Waals surface area contributed by atoms with Crippen LogP contribution in [0.4, 0.5) is 0 Å². The molecule has 1 aromatic carbocycles. The highest BCUT2D eigenvalue weighted by Crippen LogP contribution is 2.18. The zero-order valence-corrected chi connectivity index (χ0v) is 11.4. The first kappa shape index (κ1) is 15.0. The minimum absolute atomic E-state index is 0.303. The van der Waals surface area contributed by atoms with Crippen molar-refractivity contribution in [1.29, 1.82) is 0 Å². The van der Waals surface area contributed by atoms with Crippen LogP contribution in [0.15, 0.2) is 24.3 Å². The summed E-state index contributed by atoms with van der Waals surface area (Å²) in [6, 6.07) is 7.97. The van der Waals surface area contributed by atoms with Crippen molar-refractivity contribution in [1.82, 2.24) is 5.32 Å². The maximum atomic E-state index is 5.77. The molecule has 0 fully saturated rings. The van der Waals surface area contributed by atoms with Crippen molar-refractivity contribution in [2.75, 3.05) is 26.9 Å². The molecule has 0 heterocycles. The Kier molecular flexibility index (Phi) is 7.41. The first-order chi connectivity index (χ1) is 8.81. The molecule has 0 aliphatic heterocycles. The lowest BCUT2D eigenvalue weighted by molar-refractivity contribution is -0.152. The Morgan fingerprint density at radius 1 is 1.11 bits per heavy atom. The van der Waals surface area contributed by atoms with E-state index < -0.39 is 0 Å². The molecule has 0 aliphatic rings. The van der Waals surface area contributed by atoms with E-state index in [0.29, 0.717) is 19.8 Å². The van der Waals surface area contributed by atoms with Crippen LogP contribution >= 0.6 is 0 Å². The summed E-state index contributed by atoms with van der Waals surface area (Å²) in [6.07, 6.45) is -0.303. The zero-order valence-electron chi connectivity index (χ0n) is 11.4. The molecule has 0 aromatic heterocycles. The largest absolute Gasteiger partial charge is 0.488 e. The maximum Gasteiger partial charge on any atom is 0.191 e. The van der Waals surface area contributed by atoms with Gasteiger partial charge in [0.05, 0.1) is 0 Å². The van der Waals surface area contributed by atoms with Crippen LogP contribution in [-0.2, 0) is 16.0 Å². The summed E-state index contributed by atoms with van der Waals surface area (Å²) in [6.45, 7) is 6.31. The molecule has 0 spiro atoms. The van der Waals surface area contributed by atoms with E-state index in [-0.39, 0.29) is 6.29 Å². The van der Waals surface area contributed by atoms with Gasteiger partial charge in [0.25, 0.3) is 0 Å². The maximum absolute atomic E-state index is 5.77. The first-order valence-corrected chi connectivity index (χ1v) is 6.40. The van der Waals surface area contributed by atoms with E-state index in [9.17, 15) is 0 Å². The first-order valence-electron chi connectivity index (χ1n) is 6.40. The minimum Gasteiger partial charge on any atom is -0.488 e. The molecule has 102 valence electrons. The SMILES string of the molecule is CCOC(COc1ccccc1CNC)OCC. The number of hydrogen-bond acceptors (Lipinski definition) is 4. The summed E-state index contributed by atoms with van der Waals surface area (Å²) in [5.74, 6) is 0.872. The topological polar surface area (TPSA) is 39.7 Å². The molecule has 0 unspecified atom stereocenters. The number of para-hydroxylation sites is 1. The number of rotatable bonds is 9. The van der Waals surface area contributed by atoms with E-state index in [1.54, 1.807) is 0 Å². The van der Waals surface area contributed by atoms with Gasteiger partial charge in [-0.2, -0.15) is 0 Å². The lowest BCUT2D eigenvalue weighted by atomic mass is 10.2. The van der Waals surface area contributed by atoms with Gasteiger partial charge in [-0.3, -0.25) is 0 Å². The van der Waals surface area contributed by atoms with Crippen LogP contribution in [0, 0.1) is 0 Å². The second-order valence-electron chi connectivity index (χ2n) is 3.79. The number of nitrogens with one attached hydrogen (secondary N) is 1. The van der Waals surface area contributed by atoms with E-state index in [0.717, 1.165) is 17.9 Å². The van der Waals surface area contributed by atoms with Gasteiger partial charge in [-0.15, -0.1) is 0 Å². The van der Waals surface area contributed by atoms with Crippen LogP contribution < -0.4 is 10.1 Å². The Labute approximate surface area is 109 Å². The fraction of sp³-hybridized carbons (Fsp3) is 0.571. The van der Waals surface area contributed by atoms with Gasteiger partial charge in [-0.1, -0.05) is 18.2 Å². The molecule has 0 bridgehead atoms. The predicted molar refractivity (Wildman–Crippen MR) is 71.7 cm³/mol. The van der Waals surface area contributed by atoms with Crippen molar-refractivity contribution in [2.24, 2.45) is 0 Å². The number of ether oxygens (including phenoxy) is 3. The third-order valence-electron chi connectivity index (χ3n) is 2.42. The quantitative estimate of drug-likeness (QED) is 0.685. The van der Waals surface area contributed by atoms with Gasteiger partial charge in [-0.25, -0.2) is 0 Å². The molecule has 0 radical (unpaired) electrons. The second-order valence-corrected chi connectivity index (χ2v) is 3.79. The summed E-state index contributed by atoms with van der Waals surface area (Å²) >= 11 is 0. The predicted octanol–water partition coefficient (Wildman–Crippen LogP) is 2.18. The monoisotopic (exact) mass is 253 g/mol. The Morgan fingerprint density at radius 3 is 2.39 bits per heavy atom. The molecule has 4 nitrogen and oxygen atoms in total. The molecule has 0 atom stereocenters. The molecule has 0 aliphatic carbocycles. The van der Waals surface area contributed by atoms with Crippen LogP contribution in [0.25, 0.3) is 0 Å². The Balaban J connectivity index is 2.54. The van der Waals surface area contributed by atoms with E-state index in [2.05, 4.69) is 5.32 Å². The van der Waals surface area contributed by atoms with Gasteiger partial charge in [0.2, 0.25) is 0 Å². The normalized spacial score (nSPS) is 10.9. The van der Waals surface area contributed by atoms with E-state index in [1.165, 1.54) is 0 Å². The Hall–Kier alpha value is -1.10. The summed E-state index contributed by atoms with van der Waals surface area (Å²) < 4.78 is 16.6. The average Bonchev–Trinajstić information content (AvgIpc) is 2.38. The third kappa shape index (κ3) is 5.04. The molecule has 1 aromatic rings. The smallest absolute Gasteiger partial charge is 0.191 e. The fourth-order valence-electron chi connectivity index (χ4n) is 1.66. The third-order valence-corrected chi connectivity index (χ3v) is 2.42. The highest BCUT2D eigenvalue weighted by atomic mass is 16.7. The van der Waals surface area contributed by atoms with Gasteiger partial charge in [-0.05, 0) is 27.0 Å². The Morgan fingerprint density at radius 2 is 1.78 bits per heavy atom. The van der Waals surface area contributed by atoms with Crippen LogP contribution in [-0.4, -0.2) is 33.2 Å². The highest BCUT2D eigenvalue weighted by Gasteiger charge is 2.10. The molecular formula is C14H23NO3. The second kappa shape index (κ2) is 8.91. The average molecular weight is 253 g/mol. The molecular weight excluding hydrogens is 230 g/mol. The molecule has 4 heteroatoms. The number of hydrogen-bond donors (Lipinski definition) is 1. The highest BCUT2D eigenvalue weighted by molar-refractivity contribution is 5.33. The van der Waals surface area contributed by atoms with Crippen LogP contribution in [0.1, 0.15) is 19.4 Å². The standard InChI is InChI=1S/C14H23NO3/c1-4-16-14(17-5-2)11-18-13-9-7-6-8-12(13)10-15-3/h6-9,14-15H,4-5,10-11H2,1-3H3. The van der Waals surface area contributed by atoms with Crippen molar-refractivity contribution in [3.8, 4) is 5.75 Å². The minimum atomic E-state index is -0.303. The van der Waals surface area contributed by atoms with Gasteiger partial charge in [0, 0.05) is 25.3 Å². The van der Waals surface area contributed by atoms with Gasteiger partial charge < -0.3 is 19.5 Å². The van der Waals surface area contributed by atoms with Crippen molar-refractivity contribution >= 4 is 0 Å². The Bertz CT molecular complexity index is 325. The van der Waals surface area contributed by atoms with Crippen molar-refractivity contribution < 1.29 is 14.2 Å². The molecule has 18 heavy (non-hydrogen) atoms. The lowest BCUT2D eigenvalue weighted by Crippen LogP contribution is -2.25. The lowest BCUT2D eigenvalue weighted by Gasteiger charge is -2.18. The molecule has 0 saturated carbocycles. The van der Waals surface area contributed by atoms with E-state index in [4.69, 9.17) is 14.2 Å². The summed E-state index contributed by atoms with van der Waals surface area (Å²) in [5, 5.41) is 3.12. The van der Waals surface area contributed by atoms with Crippen molar-refractivity contribution in [2.45, 2.75) is 26.7 Å². The van der Waals surface area contributed by atoms with Crippen molar-refractivity contribution in [3.63, 3.8) is 0 Å². The van der Waals surface area contributed by atoms with Crippen LogP contribution in [0.3, 0.4) is 0 Å². The van der Waals surface area contributed by atoms with E-state index in [1.807, 2.05) is 45.2 Å². The summed E-state index contributed by atoms with van der Waals surface area (Å²) in [4.78, 5) is 0. The molecule has 1 N–H and O–H groups in total. The van der Waals surface area contributed by atoms with Crippen LogP contribution in [0.2, 0.25) is 0 Å². The van der Waals surface area contributed by atoms with Gasteiger partial charge >= 0.3 is 0 Å². The van der Waals surface area contributed by atoms with Gasteiger partial charge in [0.1, 0.15) is 12.4 Å². The van der Waals surface area contributed by atoms with Gasteiger partial charge in [0.15, 0.2) is 6.29 Å². The van der Waals surface area contributed by atoms with Crippen LogP contribution in [0.5, 0.6) is 5.75 Å². The molecule has 0 amide bonds. The fourth-order valence-corrected chi connectivity index (χ4v) is 1.66. The van der Waals surface area contributed by atoms with E-state index >= 15 is 0 Å². The summed E-state index contributed by atoms with van der Waals surface area (Å²) in [5.41, 5.74) is 1.13. The summed E-state index contributed by atoms with van der Waals surface area (Å²) in [7, 11) is 1.92. The molecule has 0 saturated heterocycles. The zero-order chi connectivity index (χ0) is 13.2. The van der Waals surface area contributed by atoms with Crippen molar-refractivity contribution in [3.05, 3.63) is 29.8 Å². The number of benzene rings is 1.